The molecule has 0 unspecified atom stereocenters. The molecule has 1 aromatic rings. The number of carboxylic acid groups (broad SMARTS) is 1. The highest BCUT2D eigenvalue weighted by molar-refractivity contribution is 6.18. The number of carboxylic acids is 1. The van der Waals surface area contributed by atoms with E-state index in [1.54, 1.807) is 0 Å². The van der Waals surface area contributed by atoms with Gasteiger partial charge in [0.1, 0.15) is 6.04 Å². The van der Waals surface area contributed by atoms with Crippen LogP contribution in [-0.2, 0) is 17.8 Å². The highest BCUT2D eigenvalue weighted by atomic mass is 35.5. The van der Waals surface area contributed by atoms with Crippen molar-refractivity contribution in [3.63, 3.8) is 0 Å². The second kappa shape index (κ2) is 9.19. The highest BCUT2D eigenvalue weighted by Gasteiger charge is 2.15. The highest BCUT2D eigenvalue weighted by Crippen LogP contribution is 2.14. The molecule has 6 heteroatoms. The van der Waals surface area contributed by atoms with Gasteiger partial charge in [0.15, 0.2) is 0 Å². The molecule has 0 bridgehead atoms. The normalized spacial score (nSPS) is 12.6. The molecule has 20 heavy (non-hydrogen) atoms. The Balaban J connectivity index is 2.80. The Hall–Kier alpha value is -0.810. The largest absolute Gasteiger partial charge is 0.480 e. The summed E-state index contributed by atoms with van der Waals surface area (Å²) in [7, 11) is 0. The van der Waals surface area contributed by atoms with Crippen LogP contribution in [-0.4, -0.2) is 46.9 Å². The first kappa shape index (κ1) is 17.2. The van der Waals surface area contributed by atoms with Gasteiger partial charge in [-0.05, 0) is 17.5 Å². The lowest BCUT2D eigenvalue weighted by molar-refractivity contribution is -0.138. The Morgan fingerprint density at radius 2 is 1.75 bits per heavy atom. The summed E-state index contributed by atoms with van der Waals surface area (Å²) in [4.78, 5) is 13.0. The van der Waals surface area contributed by atoms with Crippen LogP contribution in [0.4, 0.5) is 0 Å². The molecular formula is C14H20Cl2N2O2. The fourth-order valence-corrected chi connectivity index (χ4v) is 2.46. The van der Waals surface area contributed by atoms with Crippen molar-refractivity contribution in [1.82, 2.24) is 4.90 Å². The SMILES string of the molecule is N[C@@H](Cc1ccccc1CN(CCCl)CCCl)C(=O)O. The molecule has 1 atom stereocenters. The van der Waals surface area contributed by atoms with Crippen LogP contribution in [0.2, 0.25) is 0 Å². The van der Waals surface area contributed by atoms with Gasteiger partial charge in [0.2, 0.25) is 0 Å². The molecule has 4 nitrogen and oxygen atoms in total. The number of aliphatic carboxylic acids is 1. The van der Waals surface area contributed by atoms with E-state index in [4.69, 9.17) is 34.0 Å². The summed E-state index contributed by atoms with van der Waals surface area (Å²) < 4.78 is 0. The summed E-state index contributed by atoms with van der Waals surface area (Å²) in [5.74, 6) is 0.0830. The number of rotatable bonds is 9. The standard InChI is InChI=1S/C14H20Cl2N2O2/c15-5-7-18(8-6-16)10-12-4-2-1-3-11(12)9-13(17)14(19)20/h1-4,13H,5-10,17H2,(H,19,20)/t13-/m0/s1. The Morgan fingerprint density at radius 3 is 2.25 bits per heavy atom. The maximum atomic E-state index is 10.9. The molecule has 1 aromatic carbocycles. The first-order valence-electron chi connectivity index (χ1n) is 6.48. The summed E-state index contributed by atoms with van der Waals surface area (Å²) in [5, 5.41) is 8.91. The van der Waals surface area contributed by atoms with Gasteiger partial charge < -0.3 is 10.8 Å². The van der Waals surface area contributed by atoms with Crippen LogP contribution in [0, 0.1) is 0 Å². The predicted octanol–water partition coefficient (Wildman–Crippen LogP) is 1.92. The van der Waals surface area contributed by atoms with Crippen molar-refractivity contribution in [2.24, 2.45) is 5.73 Å². The van der Waals surface area contributed by atoms with Crippen LogP contribution >= 0.6 is 23.2 Å². The van der Waals surface area contributed by atoms with Gasteiger partial charge in [-0.1, -0.05) is 24.3 Å². The van der Waals surface area contributed by atoms with Crippen molar-refractivity contribution >= 4 is 29.2 Å². The summed E-state index contributed by atoms with van der Waals surface area (Å²) in [6, 6.07) is 6.84. The molecule has 0 aliphatic heterocycles. The van der Waals surface area contributed by atoms with Gasteiger partial charge in [-0.25, -0.2) is 0 Å². The van der Waals surface area contributed by atoms with Crippen molar-refractivity contribution in [2.75, 3.05) is 24.8 Å². The quantitative estimate of drug-likeness (QED) is 0.683. The first-order valence-corrected chi connectivity index (χ1v) is 7.54. The van der Waals surface area contributed by atoms with Gasteiger partial charge in [0, 0.05) is 31.4 Å². The van der Waals surface area contributed by atoms with Gasteiger partial charge in [0.05, 0.1) is 0 Å². The molecule has 0 amide bonds. The number of benzene rings is 1. The smallest absolute Gasteiger partial charge is 0.320 e. The van der Waals surface area contributed by atoms with E-state index in [2.05, 4.69) is 4.90 Å². The third kappa shape index (κ3) is 5.67. The average Bonchev–Trinajstić information content (AvgIpc) is 2.41. The Morgan fingerprint density at radius 1 is 1.20 bits per heavy atom. The Bertz CT molecular complexity index is 423. The summed E-state index contributed by atoms with van der Waals surface area (Å²) >= 11 is 11.6. The second-order valence-corrected chi connectivity index (χ2v) is 5.33. The number of halogens is 2. The fraction of sp³-hybridized carbons (Fsp3) is 0.500. The van der Waals surface area contributed by atoms with E-state index < -0.39 is 12.0 Å². The fourth-order valence-electron chi connectivity index (χ4n) is 1.98. The van der Waals surface area contributed by atoms with E-state index in [-0.39, 0.29) is 0 Å². The van der Waals surface area contributed by atoms with Gasteiger partial charge in [-0.3, -0.25) is 9.69 Å². The topological polar surface area (TPSA) is 66.6 Å². The number of nitrogens with two attached hydrogens (primary N) is 1. The number of carbonyl (C=O) groups is 1. The van der Waals surface area contributed by atoms with E-state index in [1.807, 2.05) is 24.3 Å². The lowest BCUT2D eigenvalue weighted by atomic mass is 10.00. The van der Waals surface area contributed by atoms with E-state index in [1.165, 1.54) is 0 Å². The minimum absolute atomic E-state index is 0.321. The predicted molar refractivity (Wildman–Crippen MR) is 82.5 cm³/mol. The summed E-state index contributed by atoms with van der Waals surface area (Å²) in [6.07, 6.45) is 0.321. The number of alkyl halides is 2. The zero-order chi connectivity index (χ0) is 15.0. The van der Waals surface area contributed by atoms with Gasteiger partial charge in [-0.2, -0.15) is 0 Å². The van der Waals surface area contributed by atoms with Gasteiger partial charge in [-0.15, -0.1) is 23.2 Å². The molecule has 0 aliphatic rings. The number of hydrogen-bond acceptors (Lipinski definition) is 3. The Kier molecular flexibility index (Phi) is 7.92. The van der Waals surface area contributed by atoms with Crippen LogP contribution in [0.5, 0.6) is 0 Å². The monoisotopic (exact) mass is 318 g/mol. The van der Waals surface area contributed by atoms with Crippen molar-refractivity contribution < 1.29 is 9.90 Å². The molecule has 0 heterocycles. The second-order valence-electron chi connectivity index (χ2n) is 4.57. The average molecular weight is 319 g/mol. The molecule has 112 valence electrons. The maximum absolute atomic E-state index is 10.9. The van der Waals surface area contributed by atoms with Crippen LogP contribution in [0.25, 0.3) is 0 Å². The van der Waals surface area contributed by atoms with E-state index >= 15 is 0 Å². The molecule has 0 fully saturated rings. The van der Waals surface area contributed by atoms with Crippen molar-refractivity contribution in [3.05, 3.63) is 35.4 Å². The molecule has 0 spiro atoms. The van der Waals surface area contributed by atoms with E-state index in [9.17, 15) is 4.79 Å². The molecule has 0 saturated carbocycles. The third-order valence-corrected chi connectivity index (χ3v) is 3.41. The lowest BCUT2D eigenvalue weighted by Gasteiger charge is -2.22. The van der Waals surface area contributed by atoms with Gasteiger partial charge >= 0.3 is 5.97 Å². The number of hydrogen-bond donors (Lipinski definition) is 2. The molecule has 0 saturated heterocycles. The van der Waals surface area contributed by atoms with Crippen LogP contribution in [0.3, 0.4) is 0 Å². The van der Waals surface area contributed by atoms with Crippen molar-refractivity contribution in [3.8, 4) is 0 Å². The Labute approximate surface area is 129 Å². The molecule has 0 aromatic heterocycles. The minimum Gasteiger partial charge on any atom is -0.480 e. The van der Waals surface area contributed by atoms with Crippen LogP contribution in [0.1, 0.15) is 11.1 Å². The molecule has 0 radical (unpaired) electrons. The summed E-state index contributed by atoms with van der Waals surface area (Å²) in [5.41, 5.74) is 7.63. The minimum atomic E-state index is -0.988. The number of nitrogens with zero attached hydrogens (tertiary/aromatic N) is 1. The zero-order valence-corrected chi connectivity index (χ0v) is 12.8. The van der Waals surface area contributed by atoms with Crippen LogP contribution in [0.15, 0.2) is 24.3 Å². The summed E-state index contributed by atoms with van der Waals surface area (Å²) in [6.45, 7) is 2.18. The van der Waals surface area contributed by atoms with E-state index in [0.717, 1.165) is 24.2 Å². The van der Waals surface area contributed by atoms with Crippen molar-refractivity contribution in [2.45, 2.75) is 19.0 Å². The zero-order valence-electron chi connectivity index (χ0n) is 11.3. The van der Waals surface area contributed by atoms with Crippen LogP contribution < -0.4 is 5.73 Å². The third-order valence-electron chi connectivity index (χ3n) is 3.07. The molecule has 1 rings (SSSR count). The van der Waals surface area contributed by atoms with Crippen molar-refractivity contribution in [1.29, 1.82) is 0 Å². The van der Waals surface area contributed by atoms with E-state index in [0.29, 0.717) is 24.7 Å². The molecule has 3 N–H and O–H groups in total. The molecule has 0 aliphatic carbocycles. The maximum Gasteiger partial charge on any atom is 0.320 e. The van der Waals surface area contributed by atoms with Gasteiger partial charge in [0.25, 0.3) is 0 Å². The molecular weight excluding hydrogens is 299 g/mol. The first-order chi connectivity index (χ1) is 9.58. The lowest BCUT2D eigenvalue weighted by Crippen LogP contribution is -2.33.